The van der Waals surface area contributed by atoms with Crippen molar-refractivity contribution in [3.05, 3.63) is 76.0 Å². The number of dihydropyridines is 1. The first-order valence-electron chi connectivity index (χ1n) is 10.3. The molecule has 0 saturated carbocycles. The maximum atomic E-state index is 13.5. The molecule has 0 fully saturated rings. The molecule has 1 aliphatic carbocycles. The van der Waals surface area contributed by atoms with Crippen LogP contribution in [0.3, 0.4) is 0 Å². The topological polar surface area (TPSA) is 73.9 Å². The molecule has 6 heteroatoms. The third-order valence-electron chi connectivity index (χ3n) is 5.58. The molecule has 1 heterocycles. The highest BCUT2D eigenvalue weighted by Gasteiger charge is 2.43. The van der Waals surface area contributed by atoms with Gasteiger partial charge in [-0.3, -0.25) is 4.79 Å². The molecule has 6 nitrogen and oxygen atoms in total. The van der Waals surface area contributed by atoms with Crippen LogP contribution in [0.25, 0.3) is 5.70 Å². The van der Waals surface area contributed by atoms with Crippen LogP contribution in [0.15, 0.2) is 59.3 Å². The van der Waals surface area contributed by atoms with Gasteiger partial charge in [0.1, 0.15) is 6.61 Å². The van der Waals surface area contributed by atoms with E-state index in [0.29, 0.717) is 45.2 Å². The largest absolute Gasteiger partial charge is 0.493 e. The molecule has 0 aromatic heterocycles. The number of nitrogens with one attached hydrogen (secondary N) is 1. The van der Waals surface area contributed by atoms with Crippen molar-refractivity contribution < 1.29 is 23.8 Å². The Morgan fingerprint density at radius 1 is 1.16 bits per heavy atom. The lowest BCUT2D eigenvalue weighted by molar-refractivity contribution is -0.138. The van der Waals surface area contributed by atoms with Gasteiger partial charge in [0.05, 0.1) is 25.0 Å². The van der Waals surface area contributed by atoms with Crippen molar-refractivity contribution in [2.24, 2.45) is 0 Å². The van der Waals surface area contributed by atoms with Crippen LogP contribution in [0, 0.1) is 12.3 Å². The standard InChI is InChI=1S/C26H23NO5/c1-5-13-32-19-12-11-16(14-20(19)30-4)22-21(26(29)31-6-2)15(3)27-24-17-9-7-8-10-18(17)25(28)23(22)24/h1,7-12,14,22,27H,6,13H2,2-4H3/t22-/m1/s1. The van der Waals surface area contributed by atoms with Crippen LogP contribution in [-0.4, -0.2) is 32.1 Å². The van der Waals surface area contributed by atoms with E-state index in [4.69, 9.17) is 20.6 Å². The van der Waals surface area contributed by atoms with Gasteiger partial charge in [-0.2, -0.15) is 0 Å². The Hall–Kier alpha value is -3.98. The summed E-state index contributed by atoms with van der Waals surface area (Å²) in [7, 11) is 1.53. The van der Waals surface area contributed by atoms with Gasteiger partial charge in [-0.1, -0.05) is 36.3 Å². The minimum Gasteiger partial charge on any atom is -0.493 e. The Morgan fingerprint density at radius 2 is 1.91 bits per heavy atom. The number of carbonyl (C=O) groups excluding carboxylic acids is 2. The fraction of sp³-hybridized carbons (Fsp3) is 0.231. The molecular formula is C26H23NO5. The first-order valence-corrected chi connectivity index (χ1v) is 10.3. The summed E-state index contributed by atoms with van der Waals surface area (Å²) in [5.41, 5.74) is 4.41. The molecule has 0 amide bonds. The maximum absolute atomic E-state index is 13.5. The molecule has 0 radical (unpaired) electrons. The number of hydrogen-bond acceptors (Lipinski definition) is 6. The van der Waals surface area contributed by atoms with Gasteiger partial charge in [-0.05, 0) is 31.5 Å². The summed E-state index contributed by atoms with van der Waals surface area (Å²) in [5, 5.41) is 3.28. The summed E-state index contributed by atoms with van der Waals surface area (Å²) in [6, 6.07) is 12.7. The van der Waals surface area contributed by atoms with E-state index in [2.05, 4.69) is 11.2 Å². The summed E-state index contributed by atoms with van der Waals surface area (Å²) < 4.78 is 16.4. The average molecular weight is 429 g/mol. The zero-order valence-corrected chi connectivity index (χ0v) is 18.2. The van der Waals surface area contributed by atoms with E-state index < -0.39 is 11.9 Å². The highest BCUT2D eigenvalue weighted by molar-refractivity contribution is 6.23. The van der Waals surface area contributed by atoms with Crippen molar-refractivity contribution in [1.82, 2.24) is 5.32 Å². The average Bonchev–Trinajstić information content (AvgIpc) is 3.08. The number of terminal acetylenes is 1. The number of Topliss-reactive ketones (excluding diaryl/α,β-unsaturated/α-hetero) is 1. The minimum atomic E-state index is -0.624. The molecule has 1 aliphatic heterocycles. The van der Waals surface area contributed by atoms with Crippen LogP contribution in [-0.2, 0) is 9.53 Å². The van der Waals surface area contributed by atoms with Gasteiger partial charge in [0, 0.05) is 28.3 Å². The predicted molar refractivity (Wildman–Crippen MR) is 120 cm³/mol. The molecule has 2 aliphatic rings. The first kappa shape index (κ1) is 21.3. The van der Waals surface area contributed by atoms with Gasteiger partial charge in [0.2, 0.25) is 0 Å². The molecule has 0 saturated heterocycles. The lowest BCUT2D eigenvalue weighted by Crippen LogP contribution is -2.29. The SMILES string of the molecule is C#CCOc1ccc([C@@H]2C(C(=O)OCC)=C(C)NC3=C2C(=O)c2ccccc23)cc1OC. The predicted octanol–water partition coefficient (Wildman–Crippen LogP) is 3.84. The van der Waals surface area contributed by atoms with Gasteiger partial charge in [-0.15, -0.1) is 6.42 Å². The fourth-order valence-electron chi connectivity index (χ4n) is 4.24. The van der Waals surface area contributed by atoms with E-state index in [9.17, 15) is 9.59 Å². The summed E-state index contributed by atoms with van der Waals surface area (Å²) in [6.45, 7) is 3.89. The van der Waals surface area contributed by atoms with Gasteiger partial charge >= 0.3 is 5.97 Å². The monoisotopic (exact) mass is 429 g/mol. The Balaban J connectivity index is 1.89. The Morgan fingerprint density at radius 3 is 2.59 bits per heavy atom. The van der Waals surface area contributed by atoms with Crippen molar-refractivity contribution in [2.45, 2.75) is 19.8 Å². The third-order valence-corrected chi connectivity index (χ3v) is 5.58. The molecule has 0 spiro atoms. The molecular weight excluding hydrogens is 406 g/mol. The van der Waals surface area contributed by atoms with E-state index in [1.165, 1.54) is 7.11 Å². The summed E-state index contributed by atoms with van der Waals surface area (Å²) >= 11 is 0. The van der Waals surface area contributed by atoms with Crippen molar-refractivity contribution >= 4 is 17.4 Å². The van der Waals surface area contributed by atoms with Crippen LogP contribution in [0.5, 0.6) is 11.5 Å². The Kier molecular flexibility index (Phi) is 5.74. The van der Waals surface area contributed by atoms with Crippen LogP contribution in [0.1, 0.15) is 41.3 Å². The molecule has 162 valence electrons. The van der Waals surface area contributed by atoms with Gasteiger partial charge in [-0.25, -0.2) is 4.79 Å². The lowest BCUT2D eigenvalue weighted by Gasteiger charge is -2.29. The van der Waals surface area contributed by atoms with Gasteiger partial charge in [0.25, 0.3) is 0 Å². The number of allylic oxidation sites excluding steroid dienone is 2. The third kappa shape index (κ3) is 3.42. The number of esters is 1. The maximum Gasteiger partial charge on any atom is 0.336 e. The second-order valence-corrected chi connectivity index (χ2v) is 7.38. The number of hydrogen-bond donors (Lipinski definition) is 1. The number of benzene rings is 2. The highest BCUT2D eigenvalue weighted by Crippen LogP contribution is 2.47. The molecule has 2 aromatic rings. The summed E-state index contributed by atoms with van der Waals surface area (Å²) in [6.07, 6.45) is 5.30. The molecule has 4 rings (SSSR count). The van der Waals surface area contributed by atoms with Crippen LogP contribution in [0.4, 0.5) is 0 Å². The number of ether oxygens (including phenoxy) is 3. The second kappa shape index (κ2) is 8.64. The van der Waals surface area contributed by atoms with E-state index in [0.717, 1.165) is 5.56 Å². The summed E-state index contributed by atoms with van der Waals surface area (Å²) in [5.74, 6) is 2.16. The second-order valence-electron chi connectivity index (χ2n) is 7.38. The van der Waals surface area contributed by atoms with Crippen LogP contribution in [0.2, 0.25) is 0 Å². The molecule has 0 bridgehead atoms. The van der Waals surface area contributed by atoms with Gasteiger partial charge < -0.3 is 19.5 Å². The highest BCUT2D eigenvalue weighted by atomic mass is 16.5. The van der Waals surface area contributed by atoms with E-state index >= 15 is 0 Å². The summed E-state index contributed by atoms with van der Waals surface area (Å²) in [4.78, 5) is 26.5. The van der Waals surface area contributed by atoms with Crippen LogP contribution >= 0.6 is 0 Å². The number of carbonyl (C=O) groups is 2. The zero-order chi connectivity index (χ0) is 22.8. The molecule has 2 aromatic carbocycles. The quantitative estimate of drug-likeness (QED) is 0.556. The smallest absolute Gasteiger partial charge is 0.336 e. The van der Waals surface area contributed by atoms with Gasteiger partial charge in [0.15, 0.2) is 17.3 Å². The number of rotatable bonds is 6. The van der Waals surface area contributed by atoms with Crippen molar-refractivity contribution in [2.75, 3.05) is 20.3 Å². The Bertz CT molecular complexity index is 1210. The molecule has 1 N–H and O–H groups in total. The van der Waals surface area contributed by atoms with E-state index in [1.54, 1.807) is 25.1 Å². The van der Waals surface area contributed by atoms with Crippen molar-refractivity contribution in [3.8, 4) is 23.8 Å². The first-order chi connectivity index (χ1) is 15.5. The number of methoxy groups -OCH3 is 1. The van der Waals surface area contributed by atoms with E-state index in [1.807, 2.05) is 31.2 Å². The number of fused-ring (bicyclic) bond motifs is 2. The van der Waals surface area contributed by atoms with Crippen molar-refractivity contribution in [1.29, 1.82) is 0 Å². The molecule has 32 heavy (non-hydrogen) atoms. The Labute approximate surface area is 186 Å². The zero-order valence-electron chi connectivity index (χ0n) is 18.2. The van der Waals surface area contributed by atoms with Crippen molar-refractivity contribution in [3.63, 3.8) is 0 Å². The molecule has 0 unspecified atom stereocenters. The molecule has 1 atom stereocenters. The van der Waals surface area contributed by atoms with Crippen LogP contribution < -0.4 is 14.8 Å². The fourth-order valence-corrected chi connectivity index (χ4v) is 4.24. The minimum absolute atomic E-state index is 0.0965. The number of ketones is 1. The lowest BCUT2D eigenvalue weighted by atomic mass is 9.79. The van der Waals surface area contributed by atoms with E-state index in [-0.39, 0.29) is 19.0 Å². The normalized spacial score (nSPS) is 16.7.